The summed E-state index contributed by atoms with van der Waals surface area (Å²) in [5.74, 6) is 0.900. The van der Waals surface area contributed by atoms with Crippen LogP contribution in [0.25, 0.3) is 0 Å². The summed E-state index contributed by atoms with van der Waals surface area (Å²) in [7, 11) is 3.85. The molecular weight excluding hydrogens is 216 g/mol. The molecule has 2 aromatic rings. The van der Waals surface area contributed by atoms with Crippen molar-refractivity contribution in [2.24, 2.45) is 7.05 Å². The summed E-state index contributed by atoms with van der Waals surface area (Å²) in [5.41, 5.74) is 1.21. The predicted molar refractivity (Wildman–Crippen MR) is 64.4 cm³/mol. The Hall–Kier alpha value is -1.69. The number of nitrogens with zero attached hydrogens (tertiary/aromatic N) is 5. The van der Waals surface area contributed by atoms with Crippen molar-refractivity contribution in [1.82, 2.24) is 29.9 Å². The van der Waals surface area contributed by atoms with Crippen LogP contribution in [0.3, 0.4) is 0 Å². The Kier molecular flexibility index (Phi) is 3.53. The van der Waals surface area contributed by atoms with E-state index in [1.807, 2.05) is 25.0 Å². The van der Waals surface area contributed by atoms with E-state index in [4.69, 9.17) is 0 Å². The van der Waals surface area contributed by atoms with Gasteiger partial charge in [0.15, 0.2) is 0 Å². The van der Waals surface area contributed by atoms with Gasteiger partial charge in [-0.25, -0.2) is 4.98 Å². The molecule has 2 aromatic heterocycles. The molecule has 0 fully saturated rings. The highest BCUT2D eigenvalue weighted by Gasteiger charge is 2.10. The first kappa shape index (κ1) is 11.8. The van der Waals surface area contributed by atoms with Crippen LogP contribution in [-0.4, -0.2) is 31.6 Å². The van der Waals surface area contributed by atoms with Gasteiger partial charge in [-0.1, -0.05) is 6.92 Å². The van der Waals surface area contributed by atoms with E-state index in [0.29, 0.717) is 12.6 Å². The second-order valence-corrected chi connectivity index (χ2v) is 4.02. The summed E-state index contributed by atoms with van der Waals surface area (Å²) in [4.78, 5) is 4.18. The lowest BCUT2D eigenvalue weighted by Crippen LogP contribution is -2.14. The first-order chi connectivity index (χ1) is 8.24. The molecule has 2 rings (SSSR count). The molecule has 0 aliphatic heterocycles. The van der Waals surface area contributed by atoms with Crippen molar-refractivity contribution in [3.8, 4) is 0 Å². The molecule has 0 aromatic carbocycles. The Morgan fingerprint density at radius 3 is 2.82 bits per heavy atom. The van der Waals surface area contributed by atoms with Gasteiger partial charge < -0.3 is 5.32 Å². The molecule has 17 heavy (non-hydrogen) atoms. The molecule has 0 saturated carbocycles. The minimum absolute atomic E-state index is 0.364. The maximum atomic E-state index is 4.34. The zero-order chi connectivity index (χ0) is 12.3. The largest absolute Gasteiger partial charge is 0.313 e. The molecule has 0 saturated heterocycles. The molecular formula is C11H18N6. The third kappa shape index (κ3) is 2.52. The van der Waals surface area contributed by atoms with Gasteiger partial charge in [-0.2, -0.15) is 10.2 Å². The van der Waals surface area contributed by atoms with Crippen LogP contribution in [0.15, 0.2) is 18.7 Å². The molecule has 0 bridgehead atoms. The molecule has 6 nitrogen and oxygen atoms in total. The third-order valence-corrected chi connectivity index (χ3v) is 2.92. The molecule has 0 radical (unpaired) electrons. The van der Waals surface area contributed by atoms with Crippen LogP contribution in [0, 0.1) is 0 Å². The Bertz CT molecular complexity index is 468. The molecule has 0 aliphatic rings. The first-order valence-corrected chi connectivity index (χ1v) is 5.77. The van der Waals surface area contributed by atoms with Crippen LogP contribution < -0.4 is 5.32 Å². The number of hydrogen-bond acceptors (Lipinski definition) is 4. The minimum Gasteiger partial charge on any atom is -0.313 e. The van der Waals surface area contributed by atoms with Gasteiger partial charge in [0.05, 0.1) is 6.20 Å². The molecule has 0 amide bonds. The van der Waals surface area contributed by atoms with Gasteiger partial charge in [-0.05, 0) is 13.5 Å². The standard InChI is InChI=1S/C11H18N6/c1-4-10(12-2)9-5-14-17(6-9)7-11-13-8-15-16(11)3/h5-6,8,10,12H,4,7H2,1-3H3. The van der Waals surface area contributed by atoms with E-state index in [0.717, 1.165) is 12.2 Å². The van der Waals surface area contributed by atoms with Gasteiger partial charge >= 0.3 is 0 Å². The predicted octanol–water partition coefficient (Wildman–Crippen LogP) is 0.730. The van der Waals surface area contributed by atoms with Crippen molar-refractivity contribution >= 4 is 0 Å². The number of aryl methyl sites for hydroxylation is 1. The third-order valence-electron chi connectivity index (χ3n) is 2.92. The fourth-order valence-electron chi connectivity index (χ4n) is 1.86. The highest BCUT2D eigenvalue weighted by atomic mass is 15.3. The Morgan fingerprint density at radius 1 is 1.41 bits per heavy atom. The van der Waals surface area contributed by atoms with Crippen LogP contribution in [0.1, 0.15) is 30.8 Å². The number of rotatable bonds is 5. The van der Waals surface area contributed by atoms with Gasteiger partial charge in [-0.15, -0.1) is 0 Å². The van der Waals surface area contributed by atoms with Crippen LogP contribution in [0.5, 0.6) is 0 Å². The van der Waals surface area contributed by atoms with E-state index in [1.165, 1.54) is 5.56 Å². The van der Waals surface area contributed by atoms with E-state index in [1.54, 1.807) is 11.0 Å². The molecule has 1 atom stereocenters. The normalized spacial score (nSPS) is 12.9. The van der Waals surface area contributed by atoms with E-state index in [-0.39, 0.29) is 0 Å². The van der Waals surface area contributed by atoms with E-state index >= 15 is 0 Å². The van der Waals surface area contributed by atoms with Crippen LogP contribution in [0.4, 0.5) is 0 Å². The average Bonchev–Trinajstić information content (AvgIpc) is 2.92. The Labute approximate surface area is 101 Å². The zero-order valence-corrected chi connectivity index (χ0v) is 10.5. The monoisotopic (exact) mass is 234 g/mol. The molecule has 1 N–H and O–H groups in total. The maximum Gasteiger partial charge on any atom is 0.148 e. The molecule has 6 heteroatoms. The lowest BCUT2D eigenvalue weighted by atomic mass is 10.1. The maximum absolute atomic E-state index is 4.34. The van der Waals surface area contributed by atoms with Crippen molar-refractivity contribution in [3.05, 3.63) is 30.1 Å². The summed E-state index contributed by atoms with van der Waals surface area (Å²) in [5, 5.41) is 11.6. The fraction of sp³-hybridized carbons (Fsp3) is 0.545. The Morgan fingerprint density at radius 2 is 2.24 bits per heavy atom. The lowest BCUT2D eigenvalue weighted by molar-refractivity contribution is 0.573. The highest BCUT2D eigenvalue weighted by molar-refractivity contribution is 5.10. The lowest BCUT2D eigenvalue weighted by Gasteiger charge is -2.10. The summed E-state index contributed by atoms with van der Waals surface area (Å²) in [6, 6.07) is 0.364. The number of nitrogens with one attached hydrogen (secondary N) is 1. The van der Waals surface area contributed by atoms with Crippen LogP contribution >= 0.6 is 0 Å². The summed E-state index contributed by atoms with van der Waals surface area (Å²) >= 11 is 0. The van der Waals surface area contributed by atoms with Crippen molar-refractivity contribution in [1.29, 1.82) is 0 Å². The van der Waals surface area contributed by atoms with Crippen LogP contribution in [-0.2, 0) is 13.6 Å². The van der Waals surface area contributed by atoms with Gasteiger partial charge in [0, 0.05) is 24.8 Å². The molecule has 0 spiro atoms. The second-order valence-electron chi connectivity index (χ2n) is 4.02. The Balaban J connectivity index is 2.11. The highest BCUT2D eigenvalue weighted by Crippen LogP contribution is 2.14. The number of aromatic nitrogens is 5. The van der Waals surface area contributed by atoms with E-state index < -0.39 is 0 Å². The summed E-state index contributed by atoms with van der Waals surface area (Å²) < 4.78 is 3.65. The fourth-order valence-corrected chi connectivity index (χ4v) is 1.86. The minimum atomic E-state index is 0.364. The van der Waals surface area contributed by atoms with Gasteiger partial charge in [0.1, 0.15) is 18.7 Å². The number of hydrogen-bond donors (Lipinski definition) is 1. The van der Waals surface area contributed by atoms with Gasteiger partial charge in [0.25, 0.3) is 0 Å². The summed E-state index contributed by atoms with van der Waals surface area (Å²) in [6.45, 7) is 2.80. The van der Waals surface area contributed by atoms with E-state index in [9.17, 15) is 0 Å². The quantitative estimate of drug-likeness (QED) is 0.828. The van der Waals surface area contributed by atoms with Crippen molar-refractivity contribution in [3.63, 3.8) is 0 Å². The first-order valence-electron chi connectivity index (χ1n) is 5.77. The van der Waals surface area contributed by atoms with Gasteiger partial charge in [-0.3, -0.25) is 9.36 Å². The SMILES string of the molecule is CCC(NC)c1cnn(Cc2ncnn2C)c1. The van der Waals surface area contributed by atoms with Crippen molar-refractivity contribution in [2.45, 2.75) is 25.9 Å². The summed E-state index contributed by atoms with van der Waals surface area (Å²) in [6.07, 6.45) is 6.56. The topological polar surface area (TPSA) is 60.6 Å². The van der Waals surface area contributed by atoms with Crippen LogP contribution in [0.2, 0.25) is 0 Å². The van der Waals surface area contributed by atoms with Gasteiger partial charge in [0.2, 0.25) is 0 Å². The molecule has 92 valence electrons. The molecule has 0 aliphatic carbocycles. The molecule has 2 heterocycles. The van der Waals surface area contributed by atoms with Crippen molar-refractivity contribution in [2.75, 3.05) is 7.05 Å². The zero-order valence-electron chi connectivity index (χ0n) is 10.5. The average molecular weight is 234 g/mol. The molecule has 1 unspecified atom stereocenters. The smallest absolute Gasteiger partial charge is 0.148 e. The van der Waals surface area contributed by atoms with E-state index in [2.05, 4.69) is 33.6 Å². The van der Waals surface area contributed by atoms with Crippen molar-refractivity contribution < 1.29 is 0 Å². The second kappa shape index (κ2) is 5.09.